The van der Waals surface area contributed by atoms with Gasteiger partial charge < -0.3 is 14.7 Å². The lowest BCUT2D eigenvalue weighted by atomic mass is 9.70. The molecule has 0 bridgehead atoms. The third-order valence-corrected chi connectivity index (χ3v) is 23.2. The minimum Gasteiger partial charge on any atom is -0.310 e. The fraction of sp³-hybridized carbons (Fsp3) is 0.151. The first-order chi connectivity index (χ1) is 54.0. The first-order valence-electron chi connectivity index (χ1n) is 39.8. The van der Waals surface area contributed by atoms with Crippen LogP contribution in [-0.2, 0) is 5.41 Å². The number of hydrogen-bond donors (Lipinski definition) is 0. The van der Waals surface area contributed by atoms with Gasteiger partial charge in [-0.3, -0.25) is 0 Å². The van der Waals surface area contributed by atoms with Crippen molar-refractivity contribution >= 4 is 106 Å². The maximum Gasteiger partial charge on any atom is 0.0727 e. The average molecular weight is 1410 g/mol. The Balaban J connectivity index is 0.744. The van der Waals surface area contributed by atoms with Crippen molar-refractivity contribution in [3.8, 4) is 22.3 Å². The molecule has 0 heterocycles. The Kier molecular flexibility index (Phi) is 19.6. The van der Waals surface area contributed by atoms with Gasteiger partial charge in [0.15, 0.2) is 0 Å². The highest BCUT2D eigenvalue weighted by molar-refractivity contribution is 5.99. The van der Waals surface area contributed by atoms with Gasteiger partial charge in [0.25, 0.3) is 0 Å². The van der Waals surface area contributed by atoms with E-state index in [1.807, 2.05) is 0 Å². The molecule has 1 spiro atoms. The molecule has 0 amide bonds. The molecule has 0 aliphatic heterocycles. The lowest BCUT2D eigenvalue weighted by Gasteiger charge is -2.34. The highest BCUT2D eigenvalue weighted by atomic mass is 15.2. The van der Waals surface area contributed by atoms with Gasteiger partial charge in [0, 0.05) is 51.2 Å². The van der Waals surface area contributed by atoms with E-state index in [-0.39, 0.29) is 0 Å². The summed E-state index contributed by atoms with van der Waals surface area (Å²) in [6.45, 7) is 0. The fourth-order valence-electron chi connectivity index (χ4n) is 17.7. The molecule has 0 radical (unpaired) electrons. The molecule has 0 N–H and O–H groups in total. The van der Waals surface area contributed by atoms with Crippen LogP contribution in [0.1, 0.15) is 169 Å². The third-order valence-electron chi connectivity index (χ3n) is 23.2. The SMILES string of the molecule is C(=C1CCCCC1)c1ccc(/C=C/c2ccc(N(c3ccccc3)c3ccc4c(c3)C3(c5ccccc5-4)c4cc(N(c5ccccc5)c5ccc(/C=C/c6ccc(C=C7CCCCC7)cc6)cc5)ccc4-c4ccc(N(c5ccccc5)c5ccc(/C=C/c6ccc(C=C7CCCCC7)cc6)cc5)cc43)cc2)cc1. The molecule has 3 nitrogen and oxygen atoms in total. The summed E-state index contributed by atoms with van der Waals surface area (Å²) in [5.74, 6) is 0. The van der Waals surface area contributed by atoms with Gasteiger partial charge in [0.1, 0.15) is 0 Å². The van der Waals surface area contributed by atoms with E-state index < -0.39 is 5.41 Å². The van der Waals surface area contributed by atoms with Crippen LogP contribution in [0.15, 0.2) is 332 Å². The molecule has 5 aliphatic carbocycles. The van der Waals surface area contributed by atoms with Crippen molar-refractivity contribution in [2.24, 2.45) is 0 Å². The summed E-state index contributed by atoms with van der Waals surface area (Å²) in [5, 5.41) is 0. The van der Waals surface area contributed by atoms with Gasteiger partial charge >= 0.3 is 0 Å². The van der Waals surface area contributed by atoms with E-state index >= 15 is 0 Å². The van der Waals surface area contributed by atoms with Gasteiger partial charge in [-0.2, -0.15) is 0 Å². The largest absolute Gasteiger partial charge is 0.310 e. The summed E-state index contributed by atoms with van der Waals surface area (Å²) < 4.78 is 0. The van der Waals surface area contributed by atoms with Gasteiger partial charge in [-0.25, -0.2) is 0 Å². The predicted octanol–water partition coefficient (Wildman–Crippen LogP) is 30.0. The lowest BCUT2D eigenvalue weighted by molar-refractivity contribution is 0.602. The second kappa shape index (κ2) is 31.3. The average Bonchev–Trinajstić information content (AvgIpc) is 1.50. The Morgan fingerprint density at radius 3 is 0.688 bits per heavy atom. The van der Waals surface area contributed by atoms with Crippen LogP contribution in [-0.4, -0.2) is 0 Å². The van der Waals surface area contributed by atoms with E-state index in [0.717, 1.165) is 67.9 Å². The van der Waals surface area contributed by atoms with Gasteiger partial charge in [-0.15, -0.1) is 0 Å². The van der Waals surface area contributed by atoms with Crippen LogP contribution in [0.4, 0.5) is 51.2 Å². The Labute approximate surface area is 644 Å². The number of allylic oxidation sites excluding steroid dienone is 3. The summed E-state index contributed by atoms with van der Waals surface area (Å²) in [5.41, 5.74) is 34.6. The quantitative estimate of drug-likeness (QED) is 0.0793. The molecule has 5 aliphatic rings. The number of benzene rings is 13. The van der Waals surface area contributed by atoms with E-state index in [1.54, 1.807) is 16.7 Å². The van der Waals surface area contributed by atoms with Crippen molar-refractivity contribution in [1.29, 1.82) is 0 Å². The van der Waals surface area contributed by atoms with Gasteiger partial charge in [-0.05, 0) is 281 Å². The number of nitrogens with zero attached hydrogens (tertiary/aromatic N) is 3. The molecule has 3 fully saturated rings. The zero-order valence-corrected chi connectivity index (χ0v) is 62.2. The molecular weight excluding hydrogens is 1320 g/mol. The summed E-state index contributed by atoms with van der Waals surface area (Å²) in [6.07, 6.45) is 40.0. The zero-order valence-electron chi connectivity index (χ0n) is 62.2. The number of rotatable bonds is 18. The van der Waals surface area contributed by atoms with E-state index in [0.29, 0.717) is 0 Å². The molecule has 0 aromatic heterocycles. The highest BCUT2D eigenvalue weighted by Crippen LogP contribution is 2.65. The molecule has 3 saturated carbocycles. The molecule has 3 heteroatoms. The van der Waals surface area contributed by atoms with Crippen molar-refractivity contribution in [2.75, 3.05) is 14.7 Å². The van der Waals surface area contributed by atoms with E-state index in [1.165, 1.54) is 174 Å². The fourth-order valence-corrected chi connectivity index (χ4v) is 17.7. The normalized spacial score (nSPS) is 14.9. The second-order valence-corrected chi connectivity index (χ2v) is 30.4. The van der Waals surface area contributed by atoms with Crippen LogP contribution >= 0.6 is 0 Å². The van der Waals surface area contributed by atoms with Crippen molar-refractivity contribution in [1.82, 2.24) is 0 Å². The van der Waals surface area contributed by atoms with E-state index in [4.69, 9.17) is 0 Å². The Morgan fingerprint density at radius 1 is 0.183 bits per heavy atom. The summed E-state index contributed by atoms with van der Waals surface area (Å²) in [4.78, 5) is 7.33. The van der Waals surface area contributed by atoms with Crippen molar-refractivity contribution in [2.45, 2.75) is 102 Å². The van der Waals surface area contributed by atoms with Crippen LogP contribution < -0.4 is 14.7 Å². The Bertz CT molecular complexity index is 5090. The molecule has 13 aromatic rings. The van der Waals surface area contributed by atoms with Gasteiger partial charge in [0.2, 0.25) is 0 Å². The van der Waals surface area contributed by atoms with E-state index in [9.17, 15) is 0 Å². The third kappa shape index (κ3) is 14.5. The Hall–Kier alpha value is -12.3. The van der Waals surface area contributed by atoms with Crippen LogP contribution in [0.2, 0.25) is 0 Å². The monoisotopic (exact) mass is 1410 g/mol. The highest BCUT2D eigenvalue weighted by Gasteiger charge is 2.52. The van der Waals surface area contributed by atoms with Crippen molar-refractivity contribution in [3.63, 3.8) is 0 Å². The maximum atomic E-state index is 2.53. The minimum absolute atomic E-state index is 0.773. The van der Waals surface area contributed by atoms with Gasteiger partial charge in [0.05, 0.1) is 5.41 Å². The summed E-state index contributed by atoms with van der Waals surface area (Å²) in [7, 11) is 0. The molecule has 0 unspecified atom stereocenters. The van der Waals surface area contributed by atoms with Crippen LogP contribution in [0.3, 0.4) is 0 Å². The van der Waals surface area contributed by atoms with Crippen molar-refractivity contribution in [3.05, 3.63) is 404 Å². The molecule has 0 atom stereocenters. The zero-order chi connectivity index (χ0) is 72.7. The van der Waals surface area contributed by atoms with Crippen LogP contribution in [0.25, 0.3) is 76.9 Å². The van der Waals surface area contributed by atoms with Crippen LogP contribution in [0, 0.1) is 0 Å². The topological polar surface area (TPSA) is 9.72 Å². The molecule has 0 saturated heterocycles. The van der Waals surface area contributed by atoms with Crippen LogP contribution in [0.5, 0.6) is 0 Å². The molecule has 530 valence electrons. The smallest absolute Gasteiger partial charge is 0.0727 e. The standard InChI is InChI=1S/C106H91N3/c1-7-21-83(22-8-1)71-86-47-41-77(42-48-86)35-38-80-53-59-92(60-54-80)107(89-27-13-4-14-28-89)95-65-68-99-98-33-19-20-34-102(98)106(103(99)74-95)104-75-96(108(90-29-15-5-16-30-90)93-61-55-81(56-62-93)39-36-78-43-49-87(50-44-78)72-84-23-9-2-10-24-84)66-69-100(104)101-70-67-97(76-105(101)106)109(91-31-17-6-18-32-91)94-63-57-82(58-64-94)40-37-79-45-51-88(52-46-79)73-85-25-11-3-12-26-85/h4-6,13-20,27-76H,1-3,7-12,21-26H2/b38-35+,39-36+,40-37+. The molecule has 109 heavy (non-hydrogen) atoms. The first kappa shape index (κ1) is 68.5. The second-order valence-electron chi connectivity index (χ2n) is 30.4. The molecule has 13 aromatic carbocycles. The number of anilines is 9. The first-order valence-corrected chi connectivity index (χ1v) is 39.8. The minimum atomic E-state index is -0.773. The summed E-state index contributed by atoms with van der Waals surface area (Å²) in [6, 6.07) is 118. The van der Waals surface area contributed by atoms with E-state index in [2.05, 4.69) is 385 Å². The lowest BCUT2D eigenvalue weighted by Crippen LogP contribution is -2.27. The Morgan fingerprint density at radius 2 is 0.404 bits per heavy atom. The van der Waals surface area contributed by atoms with Crippen molar-refractivity contribution < 1.29 is 0 Å². The summed E-state index contributed by atoms with van der Waals surface area (Å²) >= 11 is 0. The number of para-hydroxylation sites is 3. The molecular formula is C106H91N3. The maximum absolute atomic E-state index is 2.53. The molecule has 18 rings (SSSR count). The number of hydrogen-bond acceptors (Lipinski definition) is 3. The predicted molar refractivity (Wildman–Crippen MR) is 466 cm³/mol. The van der Waals surface area contributed by atoms with Gasteiger partial charge in [-0.1, -0.05) is 297 Å². The number of fused-ring (bicyclic) bond motifs is 10.